The first-order chi connectivity index (χ1) is 11.8. The summed E-state index contributed by atoms with van der Waals surface area (Å²) in [7, 11) is 1.63. The number of rotatable bonds is 6. The topological polar surface area (TPSA) is 68.2 Å². The number of benzene rings is 1. The lowest BCUT2D eigenvalue weighted by Gasteiger charge is -2.23. The summed E-state index contributed by atoms with van der Waals surface area (Å²) in [5.41, 5.74) is 2.10. The summed E-state index contributed by atoms with van der Waals surface area (Å²) in [4.78, 5) is 12.3. The normalized spacial score (nSPS) is 17.5. The van der Waals surface area contributed by atoms with Crippen molar-refractivity contribution < 1.29 is 9.53 Å². The predicted octanol–water partition coefficient (Wildman–Crippen LogP) is 1.68. The molecule has 0 spiro atoms. The molecule has 0 bridgehead atoms. The van der Waals surface area contributed by atoms with Crippen molar-refractivity contribution in [3.05, 3.63) is 47.8 Å². The van der Waals surface area contributed by atoms with Crippen LogP contribution in [0.5, 0.6) is 5.75 Å². The molecule has 1 fully saturated rings. The van der Waals surface area contributed by atoms with Gasteiger partial charge in [0.2, 0.25) is 5.91 Å². The SMILES string of the molecule is COc1ccccc1CNC(=O)Cn1nccc1C1CCCNC1. The molecule has 0 saturated carbocycles. The van der Waals surface area contributed by atoms with E-state index in [9.17, 15) is 4.79 Å². The largest absolute Gasteiger partial charge is 0.496 e. The monoisotopic (exact) mass is 328 g/mol. The van der Waals surface area contributed by atoms with Crippen molar-refractivity contribution in [2.24, 2.45) is 0 Å². The van der Waals surface area contributed by atoms with Gasteiger partial charge in [0.1, 0.15) is 12.3 Å². The number of carbonyl (C=O) groups excluding carboxylic acids is 1. The number of nitrogens with zero attached hydrogens (tertiary/aromatic N) is 2. The number of aromatic nitrogens is 2. The molecule has 1 aliphatic heterocycles. The van der Waals surface area contributed by atoms with Crippen LogP contribution in [0.3, 0.4) is 0 Å². The highest BCUT2D eigenvalue weighted by molar-refractivity contribution is 5.75. The highest BCUT2D eigenvalue weighted by atomic mass is 16.5. The summed E-state index contributed by atoms with van der Waals surface area (Å²) in [5, 5.41) is 10.7. The zero-order valence-electron chi connectivity index (χ0n) is 14.0. The molecule has 1 amide bonds. The van der Waals surface area contributed by atoms with E-state index >= 15 is 0 Å². The highest BCUT2D eigenvalue weighted by Crippen LogP contribution is 2.22. The second kappa shape index (κ2) is 7.97. The van der Waals surface area contributed by atoms with Gasteiger partial charge in [0.15, 0.2) is 0 Å². The van der Waals surface area contributed by atoms with Crippen LogP contribution in [-0.2, 0) is 17.9 Å². The molecule has 6 heteroatoms. The van der Waals surface area contributed by atoms with Gasteiger partial charge in [-0.15, -0.1) is 0 Å². The van der Waals surface area contributed by atoms with Gasteiger partial charge in [-0.3, -0.25) is 9.48 Å². The van der Waals surface area contributed by atoms with E-state index in [-0.39, 0.29) is 12.5 Å². The van der Waals surface area contributed by atoms with Crippen LogP contribution in [0, 0.1) is 0 Å². The van der Waals surface area contributed by atoms with E-state index in [0.717, 1.165) is 42.9 Å². The predicted molar refractivity (Wildman–Crippen MR) is 91.9 cm³/mol. The van der Waals surface area contributed by atoms with Gasteiger partial charge < -0.3 is 15.4 Å². The zero-order chi connectivity index (χ0) is 16.8. The Bertz CT molecular complexity index is 677. The molecule has 2 aromatic rings. The van der Waals surface area contributed by atoms with Crippen molar-refractivity contribution in [2.45, 2.75) is 31.8 Å². The molecule has 2 heterocycles. The lowest BCUT2D eigenvalue weighted by atomic mass is 9.96. The number of hydrogen-bond acceptors (Lipinski definition) is 4. The summed E-state index contributed by atoms with van der Waals surface area (Å²) in [6.07, 6.45) is 4.08. The van der Waals surface area contributed by atoms with Gasteiger partial charge in [-0.05, 0) is 31.5 Å². The number of methoxy groups -OCH3 is 1. The van der Waals surface area contributed by atoms with E-state index in [0.29, 0.717) is 12.5 Å². The van der Waals surface area contributed by atoms with Crippen LogP contribution < -0.4 is 15.4 Å². The molecule has 1 saturated heterocycles. The Morgan fingerprint density at radius 1 is 1.42 bits per heavy atom. The Morgan fingerprint density at radius 2 is 2.29 bits per heavy atom. The molecule has 1 aromatic carbocycles. The minimum absolute atomic E-state index is 0.0466. The number of nitrogens with one attached hydrogen (secondary N) is 2. The number of piperidine rings is 1. The fourth-order valence-corrected chi connectivity index (χ4v) is 3.16. The van der Waals surface area contributed by atoms with Gasteiger partial charge in [0, 0.05) is 36.5 Å². The van der Waals surface area contributed by atoms with Crippen molar-refractivity contribution in [3.63, 3.8) is 0 Å². The average molecular weight is 328 g/mol. The Hall–Kier alpha value is -2.34. The first kappa shape index (κ1) is 16.5. The van der Waals surface area contributed by atoms with E-state index < -0.39 is 0 Å². The molecule has 3 rings (SSSR count). The fraction of sp³-hybridized carbons (Fsp3) is 0.444. The van der Waals surface area contributed by atoms with Crippen molar-refractivity contribution >= 4 is 5.91 Å². The minimum atomic E-state index is -0.0466. The molecule has 128 valence electrons. The molecule has 24 heavy (non-hydrogen) atoms. The van der Waals surface area contributed by atoms with Gasteiger partial charge >= 0.3 is 0 Å². The van der Waals surface area contributed by atoms with E-state index in [1.807, 2.05) is 35.0 Å². The summed E-state index contributed by atoms with van der Waals surface area (Å²) < 4.78 is 7.12. The van der Waals surface area contributed by atoms with Crippen LogP contribution in [0.1, 0.15) is 30.0 Å². The summed E-state index contributed by atoms with van der Waals surface area (Å²) in [6, 6.07) is 9.71. The third kappa shape index (κ3) is 3.94. The van der Waals surface area contributed by atoms with Gasteiger partial charge in [-0.2, -0.15) is 5.10 Å². The fourth-order valence-electron chi connectivity index (χ4n) is 3.16. The zero-order valence-corrected chi connectivity index (χ0v) is 14.0. The maximum Gasteiger partial charge on any atom is 0.242 e. The quantitative estimate of drug-likeness (QED) is 0.846. The van der Waals surface area contributed by atoms with Gasteiger partial charge in [0.05, 0.1) is 7.11 Å². The second-order valence-electron chi connectivity index (χ2n) is 6.05. The Balaban J connectivity index is 1.58. The summed E-state index contributed by atoms with van der Waals surface area (Å²) >= 11 is 0. The molecule has 2 N–H and O–H groups in total. The van der Waals surface area contributed by atoms with Crippen LogP contribution in [0.25, 0.3) is 0 Å². The van der Waals surface area contributed by atoms with E-state index in [2.05, 4.69) is 15.7 Å². The summed E-state index contributed by atoms with van der Waals surface area (Å²) in [6.45, 7) is 2.72. The third-order valence-corrected chi connectivity index (χ3v) is 4.43. The van der Waals surface area contributed by atoms with Crippen molar-refractivity contribution in [2.75, 3.05) is 20.2 Å². The van der Waals surface area contributed by atoms with E-state index in [4.69, 9.17) is 4.74 Å². The van der Waals surface area contributed by atoms with Gasteiger partial charge in [-0.25, -0.2) is 0 Å². The molecule has 0 aliphatic carbocycles. The minimum Gasteiger partial charge on any atom is -0.496 e. The number of para-hydroxylation sites is 1. The van der Waals surface area contributed by atoms with Crippen molar-refractivity contribution in [1.82, 2.24) is 20.4 Å². The van der Waals surface area contributed by atoms with Crippen LogP contribution >= 0.6 is 0 Å². The Kier molecular flexibility index (Phi) is 5.48. The number of amides is 1. The lowest BCUT2D eigenvalue weighted by Crippen LogP contribution is -2.32. The van der Waals surface area contributed by atoms with Crippen LogP contribution in [0.15, 0.2) is 36.5 Å². The molecule has 1 aliphatic rings. The van der Waals surface area contributed by atoms with E-state index in [1.54, 1.807) is 13.3 Å². The Labute approximate surface area is 142 Å². The molecular weight excluding hydrogens is 304 g/mol. The number of hydrogen-bond donors (Lipinski definition) is 2. The molecular formula is C18H24N4O2. The summed E-state index contributed by atoms with van der Waals surface area (Å²) in [5.74, 6) is 1.17. The third-order valence-electron chi connectivity index (χ3n) is 4.43. The number of carbonyl (C=O) groups is 1. The van der Waals surface area contributed by atoms with Crippen LogP contribution in [-0.4, -0.2) is 35.9 Å². The van der Waals surface area contributed by atoms with Crippen LogP contribution in [0.2, 0.25) is 0 Å². The first-order valence-corrected chi connectivity index (χ1v) is 8.39. The van der Waals surface area contributed by atoms with Crippen molar-refractivity contribution in [1.29, 1.82) is 0 Å². The molecule has 6 nitrogen and oxygen atoms in total. The van der Waals surface area contributed by atoms with Gasteiger partial charge in [-0.1, -0.05) is 18.2 Å². The molecule has 1 aromatic heterocycles. The van der Waals surface area contributed by atoms with E-state index in [1.165, 1.54) is 0 Å². The molecule has 1 atom stereocenters. The maximum atomic E-state index is 12.3. The molecule has 1 unspecified atom stereocenters. The lowest BCUT2D eigenvalue weighted by molar-refractivity contribution is -0.122. The first-order valence-electron chi connectivity index (χ1n) is 8.39. The van der Waals surface area contributed by atoms with Gasteiger partial charge in [0.25, 0.3) is 0 Å². The Morgan fingerprint density at radius 3 is 3.08 bits per heavy atom. The highest BCUT2D eigenvalue weighted by Gasteiger charge is 2.19. The molecule has 0 radical (unpaired) electrons. The van der Waals surface area contributed by atoms with Crippen molar-refractivity contribution in [3.8, 4) is 5.75 Å². The number of ether oxygens (including phenoxy) is 1. The smallest absolute Gasteiger partial charge is 0.242 e. The maximum absolute atomic E-state index is 12.3. The van der Waals surface area contributed by atoms with Crippen LogP contribution in [0.4, 0.5) is 0 Å². The second-order valence-corrected chi connectivity index (χ2v) is 6.05. The standard InChI is InChI=1S/C18H24N4O2/c1-24-17-7-3-2-5-15(17)12-20-18(23)13-22-16(8-10-21-22)14-6-4-9-19-11-14/h2-3,5,7-8,10,14,19H,4,6,9,11-13H2,1H3,(H,20,23). The average Bonchev–Trinajstić information content (AvgIpc) is 3.09.